The number of hydrogen-bond donors (Lipinski definition) is 2. The zero-order valence-electron chi connectivity index (χ0n) is 15.1. The molecule has 0 aliphatic carbocycles. The maximum absolute atomic E-state index is 4.64. The summed E-state index contributed by atoms with van der Waals surface area (Å²) in [6, 6.07) is 14.7. The lowest BCUT2D eigenvalue weighted by molar-refractivity contribution is 0.699. The summed E-state index contributed by atoms with van der Waals surface area (Å²) in [5.41, 5.74) is 4.64. The average molecular weight is 324 g/mol. The van der Waals surface area contributed by atoms with E-state index in [1.807, 2.05) is 25.1 Å². The fourth-order valence-electron chi connectivity index (χ4n) is 2.45. The number of guanidine groups is 1. The third-order valence-electron chi connectivity index (χ3n) is 3.91. The van der Waals surface area contributed by atoms with Crippen molar-refractivity contribution in [1.82, 2.24) is 15.6 Å². The zero-order chi connectivity index (χ0) is 17.4. The summed E-state index contributed by atoms with van der Waals surface area (Å²) in [5, 5.41) is 6.72. The molecule has 24 heavy (non-hydrogen) atoms. The Morgan fingerprint density at radius 3 is 2.50 bits per heavy atom. The van der Waals surface area contributed by atoms with Gasteiger partial charge >= 0.3 is 0 Å². The van der Waals surface area contributed by atoms with Crippen LogP contribution in [-0.4, -0.2) is 24.0 Å². The molecule has 0 aliphatic heterocycles. The molecule has 0 fully saturated rings. The summed E-state index contributed by atoms with van der Waals surface area (Å²) in [6.07, 6.45) is 0. The number of aromatic nitrogens is 1. The minimum atomic E-state index is 0.423. The molecule has 0 aliphatic rings. The van der Waals surface area contributed by atoms with Crippen LogP contribution in [0.1, 0.15) is 42.3 Å². The number of nitrogens with zero attached hydrogens (tertiary/aromatic N) is 2. The van der Waals surface area contributed by atoms with E-state index in [1.54, 1.807) is 0 Å². The quantitative estimate of drug-likeness (QED) is 0.631. The molecular weight excluding hydrogens is 296 g/mol. The second-order valence-electron chi connectivity index (χ2n) is 6.16. The molecule has 4 nitrogen and oxygen atoms in total. The van der Waals surface area contributed by atoms with Gasteiger partial charge in [0.15, 0.2) is 5.96 Å². The molecular formula is C20H28N4. The van der Waals surface area contributed by atoms with E-state index in [2.05, 4.69) is 65.6 Å². The SMILES string of the molecule is CCNC(=NCc1cccc(C)n1)NCC(C)c1ccc(C)cc1. The highest BCUT2D eigenvalue weighted by Gasteiger charge is 2.06. The molecule has 0 spiro atoms. The van der Waals surface area contributed by atoms with Crippen LogP contribution in [0, 0.1) is 13.8 Å². The highest BCUT2D eigenvalue weighted by atomic mass is 15.2. The van der Waals surface area contributed by atoms with Gasteiger partial charge in [-0.3, -0.25) is 4.98 Å². The predicted molar refractivity (Wildman–Crippen MR) is 101 cm³/mol. The highest BCUT2D eigenvalue weighted by molar-refractivity contribution is 5.79. The fourth-order valence-corrected chi connectivity index (χ4v) is 2.45. The third kappa shape index (κ3) is 5.69. The number of rotatable bonds is 6. The van der Waals surface area contributed by atoms with Crippen molar-refractivity contribution in [3.05, 3.63) is 65.0 Å². The molecule has 0 amide bonds. The number of aryl methyl sites for hydroxylation is 2. The van der Waals surface area contributed by atoms with Gasteiger partial charge in [0.25, 0.3) is 0 Å². The van der Waals surface area contributed by atoms with Crippen LogP contribution in [0.25, 0.3) is 0 Å². The lowest BCUT2D eigenvalue weighted by Crippen LogP contribution is -2.39. The van der Waals surface area contributed by atoms with Gasteiger partial charge in [0.1, 0.15) is 0 Å². The molecule has 0 saturated heterocycles. The van der Waals surface area contributed by atoms with Crippen LogP contribution in [0.2, 0.25) is 0 Å². The Morgan fingerprint density at radius 2 is 1.83 bits per heavy atom. The summed E-state index contributed by atoms with van der Waals surface area (Å²) in [6.45, 7) is 10.7. The summed E-state index contributed by atoms with van der Waals surface area (Å²) in [5.74, 6) is 1.26. The molecule has 128 valence electrons. The van der Waals surface area contributed by atoms with Crippen LogP contribution in [0.3, 0.4) is 0 Å². The number of nitrogens with one attached hydrogen (secondary N) is 2. The van der Waals surface area contributed by atoms with Crippen LogP contribution >= 0.6 is 0 Å². The maximum Gasteiger partial charge on any atom is 0.191 e. The van der Waals surface area contributed by atoms with Crippen LogP contribution in [0.15, 0.2) is 47.5 Å². The summed E-state index contributed by atoms with van der Waals surface area (Å²) in [4.78, 5) is 9.13. The van der Waals surface area contributed by atoms with E-state index >= 15 is 0 Å². The van der Waals surface area contributed by atoms with E-state index < -0.39 is 0 Å². The Labute approximate surface area is 145 Å². The van der Waals surface area contributed by atoms with Crippen molar-refractivity contribution in [2.45, 2.75) is 40.2 Å². The Balaban J connectivity index is 1.94. The fraction of sp³-hybridized carbons (Fsp3) is 0.400. The monoisotopic (exact) mass is 324 g/mol. The Morgan fingerprint density at radius 1 is 1.08 bits per heavy atom. The van der Waals surface area contributed by atoms with Crippen LogP contribution < -0.4 is 10.6 Å². The van der Waals surface area contributed by atoms with Crippen molar-refractivity contribution in [1.29, 1.82) is 0 Å². The molecule has 1 aromatic carbocycles. The number of hydrogen-bond acceptors (Lipinski definition) is 2. The van der Waals surface area contributed by atoms with E-state index in [-0.39, 0.29) is 0 Å². The van der Waals surface area contributed by atoms with Crippen molar-refractivity contribution < 1.29 is 0 Å². The van der Waals surface area contributed by atoms with Gasteiger partial charge < -0.3 is 10.6 Å². The number of aliphatic imine (C=N–C) groups is 1. The summed E-state index contributed by atoms with van der Waals surface area (Å²) in [7, 11) is 0. The highest BCUT2D eigenvalue weighted by Crippen LogP contribution is 2.14. The molecule has 0 bridgehead atoms. The van der Waals surface area contributed by atoms with Crippen molar-refractivity contribution in [3.63, 3.8) is 0 Å². The first-order valence-electron chi connectivity index (χ1n) is 8.59. The number of pyridine rings is 1. The van der Waals surface area contributed by atoms with Crippen molar-refractivity contribution in [3.8, 4) is 0 Å². The van der Waals surface area contributed by atoms with Gasteiger partial charge in [-0.2, -0.15) is 0 Å². The Bertz CT molecular complexity index is 662. The van der Waals surface area contributed by atoms with Gasteiger partial charge in [-0.25, -0.2) is 4.99 Å². The minimum Gasteiger partial charge on any atom is -0.357 e. The largest absolute Gasteiger partial charge is 0.357 e. The lowest BCUT2D eigenvalue weighted by Gasteiger charge is -2.16. The standard InChI is InChI=1S/C20H28N4/c1-5-21-20(23-14-19-8-6-7-17(4)24-19)22-13-16(3)18-11-9-15(2)10-12-18/h6-12,16H,5,13-14H2,1-4H3,(H2,21,22,23). The molecule has 0 radical (unpaired) electrons. The molecule has 2 rings (SSSR count). The first-order valence-corrected chi connectivity index (χ1v) is 8.59. The van der Waals surface area contributed by atoms with Crippen LogP contribution in [-0.2, 0) is 6.54 Å². The Hall–Kier alpha value is -2.36. The van der Waals surface area contributed by atoms with Gasteiger partial charge in [0, 0.05) is 18.8 Å². The lowest BCUT2D eigenvalue weighted by atomic mass is 10.0. The van der Waals surface area contributed by atoms with Gasteiger partial charge in [0.05, 0.1) is 12.2 Å². The molecule has 0 saturated carbocycles. The zero-order valence-corrected chi connectivity index (χ0v) is 15.1. The minimum absolute atomic E-state index is 0.423. The topological polar surface area (TPSA) is 49.3 Å². The second-order valence-corrected chi connectivity index (χ2v) is 6.16. The van der Waals surface area contributed by atoms with Crippen LogP contribution in [0.4, 0.5) is 0 Å². The molecule has 1 heterocycles. The van der Waals surface area contributed by atoms with Gasteiger partial charge in [0.2, 0.25) is 0 Å². The second kappa shape index (κ2) is 9.06. The molecule has 2 N–H and O–H groups in total. The molecule has 1 atom stereocenters. The van der Waals surface area contributed by atoms with E-state index in [0.717, 1.165) is 30.4 Å². The smallest absolute Gasteiger partial charge is 0.191 e. The molecule has 2 aromatic rings. The van der Waals surface area contributed by atoms with Crippen molar-refractivity contribution in [2.75, 3.05) is 13.1 Å². The normalized spacial score (nSPS) is 12.8. The van der Waals surface area contributed by atoms with Gasteiger partial charge in [-0.15, -0.1) is 0 Å². The van der Waals surface area contributed by atoms with E-state index in [0.29, 0.717) is 12.5 Å². The van der Waals surface area contributed by atoms with Gasteiger partial charge in [-0.05, 0) is 44.4 Å². The number of benzene rings is 1. The van der Waals surface area contributed by atoms with E-state index in [1.165, 1.54) is 11.1 Å². The van der Waals surface area contributed by atoms with E-state index in [9.17, 15) is 0 Å². The van der Waals surface area contributed by atoms with Crippen molar-refractivity contribution in [2.24, 2.45) is 4.99 Å². The van der Waals surface area contributed by atoms with Crippen molar-refractivity contribution >= 4 is 5.96 Å². The Kier molecular flexibility index (Phi) is 6.79. The van der Waals surface area contributed by atoms with Crippen LogP contribution in [0.5, 0.6) is 0 Å². The summed E-state index contributed by atoms with van der Waals surface area (Å²) >= 11 is 0. The third-order valence-corrected chi connectivity index (χ3v) is 3.91. The summed E-state index contributed by atoms with van der Waals surface area (Å²) < 4.78 is 0. The average Bonchev–Trinajstić information content (AvgIpc) is 2.58. The predicted octanol–water partition coefficient (Wildman–Crippen LogP) is 3.56. The first kappa shape index (κ1) is 18.0. The maximum atomic E-state index is 4.64. The first-order chi connectivity index (χ1) is 11.6. The molecule has 1 unspecified atom stereocenters. The molecule has 4 heteroatoms. The van der Waals surface area contributed by atoms with Gasteiger partial charge in [-0.1, -0.05) is 42.8 Å². The molecule has 1 aromatic heterocycles. The van der Waals surface area contributed by atoms with E-state index in [4.69, 9.17) is 0 Å².